The smallest absolute Gasteiger partial charge is 0.256 e. The maximum absolute atomic E-state index is 13.1. The lowest BCUT2D eigenvalue weighted by Crippen LogP contribution is -2.12. The van der Waals surface area contributed by atoms with E-state index in [-0.39, 0.29) is 5.91 Å². The molecular weight excluding hydrogens is 470 g/mol. The molecule has 3 heterocycles. The highest BCUT2D eigenvalue weighted by Gasteiger charge is 2.14. The number of benzene rings is 3. The zero-order valence-corrected chi connectivity index (χ0v) is 19.7. The number of hydrogen-bond acceptors (Lipinski definition) is 6. The van der Waals surface area contributed by atoms with Crippen LogP contribution in [0.2, 0.25) is 0 Å². The number of carbonyl (C=O) groups excluding carboxylic acids is 1. The number of pyridine rings is 1. The fourth-order valence-corrected chi connectivity index (χ4v) is 4.82. The summed E-state index contributed by atoms with van der Waals surface area (Å²) in [5.41, 5.74) is 5.32. The van der Waals surface area contributed by atoms with Gasteiger partial charge in [0.2, 0.25) is 0 Å². The molecule has 0 saturated carbocycles. The van der Waals surface area contributed by atoms with E-state index in [4.69, 9.17) is 0 Å². The second-order valence-corrected chi connectivity index (χ2v) is 9.10. The zero-order chi connectivity index (χ0) is 24.3. The van der Waals surface area contributed by atoms with Crippen LogP contribution in [-0.4, -0.2) is 36.5 Å². The Labute approximate surface area is 209 Å². The number of anilines is 1. The molecule has 9 heteroatoms. The summed E-state index contributed by atoms with van der Waals surface area (Å²) in [5.74, 6) is -0.189. The first-order valence-electron chi connectivity index (χ1n) is 11.2. The summed E-state index contributed by atoms with van der Waals surface area (Å²) in [6, 6.07) is 24.9. The van der Waals surface area contributed by atoms with Crippen molar-refractivity contribution in [1.29, 1.82) is 0 Å². The summed E-state index contributed by atoms with van der Waals surface area (Å²) in [7, 11) is 0. The predicted octanol–water partition coefficient (Wildman–Crippen LogP) is 5.80. The van der Waals surface area contributed by atoms with Crippen molar-refractivity contribution in [2.45, 2.75) is 9.79 Å². The molecule has 0 atom stereocenters. The fraction of sp³-hybridized carbons (Fsp3) is 0. The summed E-state index contributed by atoms with van der Waals surface area (Å²) < 4.78 is 0. The van der Waals surface area contributed by atoms with Crippen LogP contribution in [-0.2, 0) is 0 Å². The molecule has 3 N–H and O–H groups in total. The molecule has 0 fully saturated rings. The maximum Gasteiger partial charge on any atom is 0.256 e. The number of nitrogens with one attached hydrogen (secondary N) is 3. The van der Waals surface area contributed by atoms with Crippen molar-refractivity contribution < 1.29 is 4.79 Å². The molecule has 8 nitrogen and oxygen atoms in total. The molecule has 6 aromatic rings. The van der Waals surface area contributed by atoms with Gasteiger partial charge in [-0.15, -0.1) is 0 Å². The number of aromatic nitrogens is 6. The highest BCUT2D eigenvalue weighted by atomic mass is 32.2. The van der Waals surface area contributed by atoms with Gasteiger partial charge in [0, 0.05) is 27.1 Å². The van der Waals surface area contributed by atoms with Crippen molar-refractivity contribution in [3.63, 3.8) is 0 Å². The van der Waals surface area contributed by atoms with Crippen LogP contribution in [0, 0.1) is 0 Å². The molecule has 36 heavy (non-hydrogen) atoms. The van der Waals surface area contributed by atoms with Crippen molar-refractivity contribution in [2.75, 3.05) is 5.32 Å². The molecule has 3 aromatic carbocycles. The van der Waals surface area contributed by atoms with E-state index in [0.29, 0.717) is 16.8 Å². The van der Waals surface area contributed by atoms with Gasteiger partial charge in [-0.2, -0.15) is 20.5 Å². The first-order chi connectivity index (χ1) is 17.7. The second kappa shape index (κ2) is 9.47. The van der Waals surface area contributed by atoms with Gasteiger partial charge >= 0.3 is 0 Å². The molecule has 0 unspecified atom stereocenters. The van der Waals surface area contributed by atoms with Gasteiger partial charge in [-0.25, -0.2) is 0 Å². The Morgan fingerprint density at radius 3 is 2.67 bits per heavy atom. The standard InChI is InChI=1S/C27H19N7OS/c35-27(29-18-9-13-23-25(15-18)33-34-32-23)21-6-1-2-7-26(21)36-19-10-11-20-22(30-31-24(20)16-19)12-8-17-5-3-4-14-28-17/h1-16H,(H,29,35)(H,30,31)(H,32,33,34)/b12-8+. The monoisotopic (exact) mass is 489 g/mol. The fourth-order valence-electron chi connectivity index (χ4n) is 3.84. The van der Waals surface area contributed by atoms with Crippen molar-refractivity contribution in [3.05, 3.63) is 102 Å². The van der Waals surface area contributed by atoms with E-state index in [0.717, 1.165) is 37.6 Å². The molecule has 0 aliphatic heterocycles. The molecule has 3 aromatic heterocycles. The normalized spacial score (nSPS) is 11.4. The summed E-state index contributed by atoms with van der Waals surface area (Å²) >= 11 is 1.53. The zero-order valence-electron chi connectivity index (χ0n) is 18.8. The quantitative estimate of drug-likeness (QED) is 0.272. The number of nitrogens with zero attached hydrogens (tertiary/aromatic N) is 4. The van der Waals surface area contributed by atoms with Crippen molar-refractivity contribution >= 4 is 57.4 Å². The molecule has 0 spiro atoms. The topological polar surface area (TPSA) is 112 Å². The van der Waals surface area contributed by atoms with E-state index < -0.39 is 0 Å². The number of fused-ring (bicyclic) bond motifs is 2. The Hall–Kier alpha value is -4.76. The number of carbonyl (C=O) groups is 1. The van der Waals surface area contributed by atoms with Gasteiger partial charge in [0.15, 0.2) is 0 Å². The summed E-state index contributed by atoms with van der Waals surface area (Å²) in [6.45, 7) is 0. The van der Waals surface area contributed by atoms with E-state index in [9.17, 15) is 4.79 Å². The van der Waals surface area contributed by atoms with Crippen LogP contribution < -0.4 is 5.32 Å². The van der Waals surface area contributed by atoms with Crippen LogP contribution in [0.1, 0.15) is 21.7 Å². The SMILES string of the molecule is O=C(Nc1ccc2n[nH]nc2c1)c1ccccc1Sc1ccc2c(/C=C/c3ccccn3)n[nH]c2c1. The molecule has 0 radical (unpaired) electrons. The summed E-state index contributed by atoms with van der Waals surface area (Å²) in [6.07, 6.45) is 5.65. The molecular formula is C27H19N7OS. The highest BCUT2D eigenvalue weighted by Crippen LogP contribution is 2.33. The lowest BCUT2D eigenvalue weighted by atomic mass is 10.2. The van der Waals surface area contributed by atoms with Gasteiger partial charge < -0.3 is 5.32 Å². The summed E-state index contributed by atoms with van der Waals surface area (Å²) in [5, 5.41) is 22.2. The van der Waals surface area contributed by atoms with E-state index in [2.05, 4.69) is 35.9 Å². The number of aromatic amines is 2. The maximum atomic E-state index is 13.1. The van der Waals surface area contributed by atoms with Crippen LogP contribution >= 0.6 is 11.8 Å². The number of H-pyrrole nitrogens is 2. The van der Waals surface area contributed by atoms with E-state index in [1.54, 1.807) is 12.3 Å². The molecule has 0 aliphatic rings. The predicted molar refractivity (Wildman–Crippen MR) is 142 cm³/mol. The minimum atomic E-state index is -0.189. The lowest BCUT2D eigenvalue weighted by Gasteiger charge is -2.10. The first-order valence-corrected chi connectivity index (χ1v) is 12.0. The Morgan fingerprint density at radius 2 is 1.75 bits per heavy atom. The highest BCUT2D eigenvalue weighted by molar-refractivity contribution is 7.99. The molecule has 174 valence electrons. The lowest BCUT2D eigenvalue weighted by molar-refractivity contribution is 0.102. The van der Waals surface area contributed by atoms with E-state index in [1.165, 1.54) is 11.8 Å². The Kier molecular flexibility index (Phi) is 5.72. The number of hydrogen-bond donors (Lipinski definition) is 3. The van der Waals surface area contributed by atoms with Gasteiger partial charge in [-0.3, -0.25) is 14.9 Å². The van der Waals surface area contributed by atoms with Gasteiger partial charge in [-0.1, -0.05) is 30.0 Å². The van der Waals surface area contributed by atoms with Crippen molar-refractivity contribution in [1.82, 2.24) is 30.6 Å². The largest absolute Gasteiger partial charge is 0.322 e. The van der Waals surface area contributed by atoms with Gasteiger partial charge in [-0.05, 0) is 72.8 Å². The van der Waals surface area contributed by atoms with E-state index in [1.807, 2.05) is 84.9 Å². The Bertz CT molecular complexity index is 1720. The summed E-state index contributed by atoms with van der Waals surface area (Å²) in [4.78, 5) is 19.3. The minimum Gasteiger partial charge on any atom is -0.322 e. The third-order valence-electron chi connectivity index (χ3n) is 5.60. The third kappa shape index (κ3) is 4.47. The van der Waals surface area contributed by atoms with Gasteiger partial charge in [0.25, 0.3) is 5.91 Å². The van der Waals surface area contributed by atoms with Gasteiger partial charge in [0.05, 0.1) is 22.5 Å². The van der Waals surface area contributed by atoms with Crippen LogP contribution in [0.4, 0.5) is 5.69 Å². The third-order valence-corrected chi connectivity index (χ3v) is 6.66. The Morgan fingerprint density at radius 1 is 0.861 bits per heavy atom. The average Bonchev–Trinajstić information content (AvgIpc) is 3.54. The molecule has 0 saturated heterocycles. The number of rotatable bonds is 6. The molecule has 0 aliphatic carbocycles. The molecule has 0 bridgehead atoms. The molecule has 1 amide bonds. The van der Waals surface area contributed by atoms with Crippen LogP contribution in [0.15, 0.2) is 94.9 Å². The average molecular weight is 490 g/mol. The Balaban J connectivity index is 1.22. The van der Waals surface area contributed by atoms with E-state index >= 15 is 0 Å². The minimum absolute atomic E-state index is 0.189. The van der Waals surface area contributed by atoms with Gasteiger partial charge in [0.1, 0.15) is 11.0 Å². The second-order valence-electron chi connectivity index (χ2n) is 7.98. The van der Waals surface area contributed by atoms with Crippen LogP contribution in [0.3, 0.4) is 0 Å². The van der Waals surface area contributed by atoms with Crippen molar-refractivity contribution in [2.24, 2.45) is 0 Å². The van der Waals surface area contributed by atoms with Crippen molar-refractivity contribution in [3.8, 4) is 0 Å². The molecule has 6 rings (SSSR count). The first kappa shape index (κ1) is 21.8. The van der Waals surface area contributed by atoms with Crippen LogP contribution in [0.25, 0.3) is 34.1 Å². The van der Waals surface area contributed by atoms with Crippen LogP contribution in [0.5, 0.6) is 0 Å². The number of amides is 1.